The molecule has 10 heteroatoms. The first-order chi connectivity index (χ1) is 20.5. The Bertz CT molecular complexity index is 2010. The van der Waals surface area contributed by atoms with Crippen molar-refractivity contribution in [3.63, 3.8) is 0 Å². The molecule has 208 valence electrons. The van der Waals surface area contributed by atoms with Gasteiger partial charge in [-0.15, -0.1) is 0 Å². The molecule has 0 fully saturated rings. The standard InChI is InChI=1S/C32H23FN4O5/c1-40-27-10-5-11-28-25(27)17-29(42-28)31-36-26-9-3-2-8-24(26)32(39)37(31)34-18-20-12-14-23(15-13-20)41-19-30(38)35-22-7-4-6-21(33)16-22/h2-18H,19H2,1H3,(H,35,38). The van der Waals surface area contributed by atoms with Crippen molar-refractivity contribution in [2.24, 2.45) is 5.10 Å². The summed E-state index contributed by atoms with van der Waals surface area (Å²) >= 11 is 0. The lowest BCUT2D eigenvalue weighted by atomic mass is 10.2. The average Bonchev–Trinajstić information content (AvgIpc) is 3.45. The minimum Gasteiger partial charge on any atom is -0.496 e. The minimum absolute atomic E-state index is 0.234. The summed E-state index contributed by atoms with van der Waals surface area (Å²) in [4.78, 5) is 30.4. The van der Waals surface area contributed by atoms with E-state index < -0.39 is 11.7 Å². The van der Waals surface area contributed by atoms with Crippen LogP contribution in [-0.2, 0) is 4.79 Å². The van der Waals surface area contributed by atoms with Gasteiger partial charge in [0.05, 0.1) is 29.6 Å². The molecule has 0 saturated heterocycles. The SMILES string of the molecule is COc1cccc2oc(-c3nc4ccccc4c(=O)n3N=Cc3ccc(OCC(=O)Nc4cccc(F)c4)cc3)cc12. The molecule has 0 unspecified atom stereocenters. The molecule has 9 nitrogen and oxygen atoms in total. The zero-order valence-electron chi connectivity index (χ0n) is 22.3. The Morgan fingerprint density at radius 2 is 1.81 bits per heavy atom. The molecule has 2 aromatic heterocycles. The second-order valence-corrected chi connectivity index (χ2v) is 9.21. The smallest absolute Gasteiger partial charge is 0.282 e. The first kappa shape index (κ1) is 26.5. The van der Waals surface area contributed by atoms with Crippen LogP contribution in [0.5, 0.6) is 11.5 Å². The molecule has 1 amide bonds. The van der Waals surface area contributed by atoms with Gasteiger partial charge in [0.25, 0.3) is 11.5 Å². The predicted octanol–water partition coefficient (Wildman–Crippen LogP) is 5.86. The number of nitrogens with zero attached hydrogens (tertiary/aromatic N) is 3. The maximum Gasteiger partial charge on any atom is 0.282 e. The number of rotatable bonds is 8. The number of amides is 1. The molecule has 4 aromatic carbocycles. The van der Waals surface area contributed by atoms with Gasteiger partial charge in [0, 0.05) is 5.69 Å². The van der Waals surface area contributed by atoms with E-state index in [4.69, 9.17) is 18.9 Å². The minimum atomic E-state index is -0.447. The van der Waals surface area contributed by atoms with Crippen molar-refractivity contribution in [2.75, 3.05) is 19.0 Å². The monoisotopic (exact) mass is 562 g/mol. The van der Waals surface area contributed by atoms with E-state index in [-0.39, 0.29) is 18.0 Å². The summed E-state index contributed by atoms with van der Waals surface area (Å²) < 4.78 is 31.6. The molecule has 0 saturated carbocycles. The highest BCUT2D eigenvalue weighted by molar-refractivity contribution is 5.92. The van der Waals surface area contributed by atoms with Crippen LogP contribution in [0.2, 0.25) is 0 Å². The molecule has 0 radical (unpaired) electrons. The fraction of sp³-hybridized carbons (Fsp3) is 0.0625. The van der Waals surface area contributed by atoms with E-state index >= 15 is 0 Å². The molecule has 0 aliphatic rings. The third-order valence-corrected chi connectivity index (χ3v) is 6.40. The number of fused-ring (bicyclic) bond motifs is 2. The van der Waals surface area contributed by atoms with E-state index in [0.29, 0.717) is 45.0 Å². The summed E-state index contributed by atoms with van der Waals surface area (Å²) in [5.41, 5.74) is 1.75. The van der Waals surface area contributed by atoms with Crippen LogP contribution < -0.4 is 20.3 Å². The highest BCUT2D eigenvalue weighted by atomic mass is 19.1. The Balaban J connectivity index is 1.25. The molecule has 0 aliphatic heterocycles. The summed E-state index contributed by atoms with van der Waals surface area (Å²) in [6, 6.07) is 26.7. The van der Waals surface area contributed by atoms with Crippen LogP contribution in [0.4, 0.5) is 10.1 Å². The Kier molecular flexibility index (Phi) is 7.17. The van der Waals surface area contributed by atoms with Crippen molar-refractivity contribution < 1.29 is 23.1 Å². The molecular weight excluding hydrogens is 539 g/mol. The normalized spacial score (nSPS) is 11.3. The summed E-state index contributed by atoms with van der Waals surface area (Å²) in [5.74, 6) is 0.799. The summed E-state index contributed by atoms with van der Waals surface area (Å²) in [7, 11) is 1.58. The summed E-state index contributed by atoms with van der Waals surface area (Å²) in [5, 5.41) is 8.19. The van der Waals surface area contributed by atoms with Crippen LogP contribution in [-0.4, -0.2) is 35.5 Å². The van der Waals surface area contributed by atoms with Crippen molar-refractivity contribution in [1.82, 2.24) is 9.66 Å². The fourth-order valence-electron chi connectivity index (χ4n) is 4.40. The molecule has 0 atom stereocenters. The molecule has 2 heterocycles. The zero-order valence-corrected chi connectivity index (χ0v) is 22.3. The van der Waals surface area contributed by atoms with Gasteiger partial charge < -0.3 is 19.2 Å². The van der Waals surface area contributed by atoms with Gasteiger partial charge in [-0.05, 0) is 78.4 Å². The number of methoxy groups -OCH3 is 1. The molecule has 0 bridgehead atoms. The zero-order chi connectivity index (χ0) is 29.1. The van der Waals surface area contributed by atoms with E-state index in [1.165, 1.54) is 29.1 Å². The first-order valence-corrected chi connectivity index (χ1v) is 12.9. The third-order valence-electron chi connectivity index (χ3n) is 6.40. The molecule has 0 spiro atoms. The first-order valence-electron chi connectivity index (χ1n) is 12.9. The molecule has 42 heavy (non-hydrogen) atoms. The molecule has 1 N–H and O–H groups in total. The van der Waals surface area contributed by atoms with E-state index in [1.807, 2.05) is 24.3 Å². The molecular formula is C32H23FN4O5. The number of halogens is 1. The van der Waals surface area contributed by atoms with Crippen molar-refractivity contribution in [3.05, 3.63) is 119 Å². The number of furan rings is 1. The van der Waals surface area contributed by atoms with Crippen LogP contribution in [0.25, 0.3) is 33.5 Å². The van der Waals surface area contributed by atoms with Crippen molar-refractivity contribution in [3.8, 4) is 23.1 Å². The fourth-order valence-corrected chi connectivity index (χ4v) is 4.40. The van der Waals surface area contributed by atoms with Gasteiger partial charge >= 0.3 is 0 Å². The number of carbonyl (C=O) groups is 1. The van der Waals surface area contributed by atoms with Crippen LogP contribution in [0, 0.1) is 5.82 Å². The van der Waals surface area contributed by atoms with Gasteiger partial charge in [-0.1, -0.05) is 24.3 Å². The van der Waals surface area contributed by atoms with Crippen LogP contribution >= 0.6 is 0 Å². The van der Waals surface area contributed by atoms with Gasteiger partial charge in [-0.25, -0.2) is 9.37 Å². The Labute approximate surface area is 238 Å². The largest absolute Gasteiger partial charge is 0.496 e. The van der Waals surface area contributed by atoms with Crippen LogP contribution in [0.3, 0.4) is 0 Å². The van der Waals surface area contributed by atoms with Gasteiger partial charge in [0.1, 0.15) is 22.9 Å². The van der Waals surface area contributed by atoms with Crippen molar-refractivity contribution in [1.29, 1.82) is 0 Å². The number of aromatic nitrogens is 2. The van der Waals surface area contributed by atoms with E-state index in [2.05, 4.69) is 10.4 Å². The highest BCUT2D eigenvalue weighted by Crippen LogP contribution is 2.32. The Hall–Kier alpha value is -5.77. The topological polar surface area (TPSA) is 108 Å². The second kappa shape index (κ2) is 11.4. The quantitative estimate of drug-likeness (QED) is 0.233. The lowest BCUT2D eigenvalue weighted by molar-refractivity contribution is -0.118. The number of benzene rings is 4. The maximum atomic E-state index is 13.5. The molecule has 0 aliphatic carbocycles. The lowest BCUT2D eigenvalue weighted by Crippen LogP contribution is -2.20. The van der Waals surface area contributed by atoms with E-state index in [9.17, 15) is 14.0 Å². The predicted molar refractivity (Wildman–Crippen MR) is 158 cm³/mol. The number of carbonyl (C=O) groups excluding carboxylic acids is 1. The summed E-state index contributed by atoms with van der Waals surface area (Å²) in [6.45, 7) is -0.256. The average molecular weight is 563 g/mol. The molecule has 6 rings (SSSR count). The Morgan fingerprint density at radius 3 is 2.62 bits per heavy atom. The third kappa shape index (κ3) is 5.46. The van der Waals surface area contributed by atoms with Gasteiger partial charge in [0.2, 0.25) is 5.82 Å². The number of ether oxygens (including phenoxy) is 2. The van der Waals surface area contributed by atoms with Crippen LogP contribution in [0.1, 0.15) is 5.56 Å². The van der Waals surface area contributed by atoms with Crippen LogP contribution in [0.15, 0.2) is 111 Å². The lowest BCUT2D eigenvalue weighted by Gasteiger charge is -2.08. The van der Waals surface area contributed by atoms with Gasteiger partial charge in [-0.2, -0.15) is 9.78 Å². The second-order valence-electron chi connectivity index (χ2n) is 9.21. The van der Waals surface area contributed by atoms with E-state index in [1.54, 1.807) is 61.7 Å². The van der Waals surface area contributed by atoms with E-state index in [0.717, 1.165) is 5.39 Å². The number of para-hydroxylation sites is 1. The van der Waals surface area contributed by atoms with Gasteiger partial charge in [-0.3, -0.25) is 9.59 Å². The Morgan fingerprint density at radius 1 is 1.00 bits per heavy atom. The number of hydrogen-bond acceptors (Lipinski definition) is 7. The maximum absolute atomic E-state index is 13.5. The number of anilines is 1. The molecule has 6 aromatic rings. The van der Waals surface area contributed by atoms with Crippen molar-refractivity contribution in [2.45, 2.75) is 0 Å². The number of hydrogen-bond donors (Lipinski definition) is 1. The summed E-state index contributed by atoms with van der Waals surface area (Å²) in [6.07, 6.45) is 1.52. The van der Waals surface area contributed by atoms with Crippen molar-refractivity contribution >= 4 is 39.7 Å². The van der Waals surface area contributed by atoms with Gasteiger partial charge in [0.15, 0.2) is 12.4 Å². The number of nitrogens with one attached hydrogen (secondary N) is 1. The highest BCUT2D eigenvalue weighted by Gasteiger charge is 2.18.